The summed E-state index contributed by atoms with van der Waals surface area (Å²) in [5.41, 5.74) is 0. The van der Waals surface area contributed by atoms with Crippen molar-refractivity contribution in [2.45, 2.75) is 52.4 Å². The first-order valence-electron chi connectivity index (χ1n) is 7.67. The Hall–Kier alpha value is -2.10. The van der Waals surface area contributed by atoms with E-state index in [1.165, 1.54) is 0 Å². The molecule has 0 fully saturated rings. The molecule has 2 aromatic rings. The van der Waals surface area contributed by atoms with Crippen molar-refractivity contribution in [3.8, 4) is 0 Å². The molecule has 0 amide bonds. The lowest BCUT2D eigenvalue weighted by atomic mass is 10.2. The number of Topliss-reactive ketones (excluding diaryl/α,β-unsaturated/α-hetero) is 2. The van der Waals surface area contributed by atoms with Gasteiger partial charge in [-0.1, -0.05) is 0 Å². The zero-order valence-corrected chi connectivity index (χ0v) is 13.2. The van der Waals surface area contributed by atoms with Gasteiger partial charge in [-0.3, -0.25) is 0 Å². The molecule has 0 aliphatic carbocycles. The average Bonchev–Trinajstić information content (AvgIpc) is 3.10. The molecule has 0 spiro atoms. The maximum Gasteiger partial charge on any atom is 0.130 e. The van der Waals surface area contributed by atoms with Crippen LogP contribution in [0.3, 0.4) is 0 Å². The summed E-state index contributed by atoms with van der Waals surface area (Å²) in [5, 5.41) is 0. The van der Waals surface area contributed by atoms with Gasteiger partial charge >= 0.3 is 0 Å². The Bertz CT molecular complexity index is 577. The van der Waals surface area contributed by atoms with Gasteiger partial charge in [0.05, 0.1) is 0 Å². The van der Waals surface area contributed by atoms with Gasteiger partial charge in [-0.05, 0) is 38.1 Å². The second-order valence-corrected chi connectivity index (χ2v) is 5.64. The Morgan fingerprint density at radius 1 is 0.682 bits per heavy atom. The second kappa shape index (κ2) is 7.78. The van der Waals surface area contributed by atoms with E-state index >= 15 is 0 Å². The first-order chi connectivity index (χ1) is 10.5. The van der Waals surface area contributed by atoms with Gasteiger partial charge in [0.15, 0.2) is 0 Å². The molecule has 2 rings (SSSR count). The zero-order valence-electron chi connectivity index (χ0n) is 13.2. The summed E-state index contributed by atoms with van der Waals surface area (Å²) < 4.78 is 11.4. The maximum absolute atomic E-state index is 11.0. The van der Waals surface area contributed by atoms with Crippen molar-refractivity contribution < 1.29 is 18.4 Å². The fraction of sp³-hybridized carbons (Fsp3) is 0.444. The van der Waals surface area contributed by atoms with Crippen LogP contribution in [0.4, 0.5) is 0 Å². The molecule has 0 radical (unpaired) electrons. The lowest BCUT2D eigenvalue weighted by Gasteiger charge is -1.97. The van der Waals surface area contributed by atoms with Crippen LogP contribution in [0.25, 0.3) is 0 Å². The predicted octanol–water partition coefficient (Wildman–Crippen LogP) is 3.70. The molecule has 2 aromatic heterocycles. The molecule has 0 aliphatic rings. The highest BCUT2D eigenvalue weighted by molar-refractivity contribution is 5.75. The van der Waals surface area contributed by atoms with Crippen molar-refractivity contribution in [2.24, 2.45) is 0 Å². The van der Waals surface area contributed by atoms with Crippen molar-refractivity contribution in [2.75, 3.05) is 0 Å². The molecule has 0 N–H and O–H groups in total. The topological polar surface area (TPSA) is 60.4 Å². The molecule has 0 atom stereocenters. The van der Waals surface area contributed by atoms with Crippen LogP contribution in [0.5, 0.6) is 0 Å². The van der Waals surface area contributed by atoms with Crippen LogP contribution in [-0.4, -0.2) is 11.6 Å². The van der Waals surface area contributed by atoms with Gasteiger partial charge in [-0.15, -0.1) is 0 Å². The van der Waals surface area contributed by atoms with Crippen LogP contribution in [0.1, 0.15) is 49.7 Å². The van der Waals surface area contributed by atoms with E-state index in [9.17, 15) is 9.59 Å². The number of rotatable bonds is 9. The highest BCUT2D eigenvalue weighted by Crippen LogP contribution is 2.16. The Labute approximate surface area is 130 Å². The molecular formula is C18H22O4. The van der Waals surface area contributed by atoms with Crippen molar-refractivity contribution in [3.05, 3.63) is 47.3 Å². The average molecular weight is 302 g/mol. The standard InChI is InChI=1S/C18H22O4/c1-13(19)3-5-15-7-9-17(21-15)11-12-18-10-8-16(22-18)6-4-14(2)20/h7-10H,3-6,11-12H2,1-2H3. The summed E-state index contributed by atoms with van der Waals surface area (Å²) in [6.07, 6.45) is 3.88. The largest absolute Gasteiger partial charge is 0.466 e. The van der Waals surface area contributed by atoms with Crippen LogP contribution in [0.2, 0.25) is 0 Å². The molecular weight excluding hydrogens is 280 g/mol. The maximum atomic E-state index is 11.0. The number of ketones is 2. The number of hydrogen-bond donors (Lipinski definition) is 0. The van der Waals surface area contributed by atoms with Gasteiger partial charge < -0.3 is 18.4 Å². The summed E-state index contributed by atoms with van der Waals surface area (Å²) >= 11 is 0. The third-order valence-corrected chi connectivity index (χ3v) is 3.50. The Morgan fingerprint density at radius 3 is 1.32 bits per heavy atom. The van der Waals surface area contributed by atoms with Crippen molar-refractivity contribution in [1.82, 2.24) is 0 Å². The summed E-state index contributed by atoms with van der Waals surface area (Å²) in [4.78, 5) is 21.9. The molecule has 4 nitrogen and oxygen atoms in total. The van der Waals surface area contributed by atoms with Crippen LogP contribution in [0.15, 0.2) is 33.1 Å². The predicted molar refractivity (Wildman–Crippen MR) is 82.8 cm³/mol. The number of hydrogen-bond acceptors (Lipinski definition) is 4. The minimum atomic E-state index is 0.173. The van der Waals surface area contributed by atoms with Gasteiger partial charge in [0.2, 0.25) is 0 Å². The van der Waals surface area contributed by atoms with Gasteiger partial charge in [-0.25, -0.2) is 0 Å². The SMILES string of the molecule is CC(=O)CCc1ccc(CCc2ccc(CCC(C)=O)o2)o1. The van der Waals surface area contributed by atoms with Gasteiger partial charge in [-0.2, -0.15) is 0 Å². The van der Waals surface area contributed by atoms with Crippen LogP contribution in [0, 0.1) is 0 Å². The third-order valence-electron chi connectivity index (χ3n) is 3.50. The Balaban J connectivity index is 1.80. The lowest BCUT2D eigenvalue weighted by molar-refractivity contribution is -0.117. The minimum Gasteiger partial charge on any atom is -0.466 e. The zero-order chi connectivity index (χ0) is 15.9. The molecule has 22 heavy (non-hydrogen) atoms. The smallest absolute Gasteiger partial charge is 0.130 e. The fourth-order valence-corrected chi connectivity index (χ4v) is 2.23. The number of carbonyl (C=O) groups excluding carboxylic acids is 2. The van der Waals surface area contributed by atoms with Crippen LogP contribution < -0.4 is 0 Å². The van der Waals surface area contributed by atoms with Crippen LogP contribution in [-0.2, 0) is 35.3 Å². The first-order valence-corrected chi connectivity index (χ1v) is 7.67. The number of aryl methyl sites for hydroxylation is 4. The van der Waals surface area contributed by atoms with Crippen molar-refractivity contribution >= 4 is 11.6 Å². The van der Waals surface area contributed by atoms with Gasteiger partial charge in [0, 0.05) is 38.5 Å². The van der Waals surface area contributed by atoms with Crippen molar-refractivity contribution in [1.29, 1.82) is 0 Å². The molecule has 0 aliphatic heterocycles. The molecule has 0 unspecified atom stereocenters. The highest BCUT2D eigenvalue weighted by Gasteiger charge is 2.07. The number of carbonyl (C=O) groups is 2. The summed E-state index contributed by atoms with van der Waals surface area (Å²) in [6, 6.07) is 7.77. The van der Waals surface area contributed by atoms with Crippen LogP contribution >= 0.6 is 0 Å². The molecule has 0 bridgehead atoms. The van der Waals surface area contributed by atoms with E-state index in [0.29, 0.717) is 25.7 Å². The van der Waals surface area contributed by atoms with Gasteiger partial charge in [0.1, 0.15) is 34.6 Å². The second-order valence-electron chi connectivity index (χ2n) is 5.64. The molecule has 4 heteroatoms. The summed E-state index contributed by atoms with van der Waals surface area (Å²) in [5.74, 6) is 3.86. The van der Waals surface area contributed by atoms with Crippen molar-refractivity contribution in [3.63, 3.8) is 0 Å². The molecule has 0 saturated carbocycles. The fourth-order valence-electron chi connectivity index (χ4n) is 2.23. The lowest BCUT2D eigenvalue weighted by Crippen LogP contribution is -1.93. The Kier molecular flexibility index (Phi) is 5.75. The quantitative estimate of drug-likeness (QED) is 0.708. The molecule has 0 aromatic carbocycles. The van der Waals surface area contributed by atoms with E-state index in [0.717, 1.165) is 35.9 Å². The number of furan rings is 2. The summed E-state index contributed by atoms with van der Waals surface area (Å²) in [6.45, 7) is 3.18. The summed E-state index contributed by atoms with van der Waals surface area (Å²) in [7, 11) is 0. The highest BCUT2D eigenvalue weighted by atomic mass is 16.3. The van der Waals surface area contributed by atoms with E-state index in [1.54, 1.807) is 13.8 Å². The third kappa shape index (κ3) is 5.35. The van der Waals surface area contributed by atoms with E-state index < -0.39 is 0 Å². The Morgan fingerprint density at radius 2 is 1.00 bits per heavy atom. The monoisotopic (exact) mass is 302 g/mol. The van der Waals surface area contributed by atoms with E-state index in [2.05, 4.69) is 0 Å². The molecule has 118 valence electrons. The van der Waals surface area contributed by atoms with E-state index in [4.69, 9.17) is 8.83 Å². The first kappa shape index (κ1) is 16.3. The van der Waals surface area contributed by atoms with E-state index in [1.807, 2.05) is 24.3 Å². The van der Waals surface area contributed by atoms with E-state index in [-0.39, 0.29) is 11.6 Å². The normalized spacial score (nSPS) is 10.8. The molecule has 2 heterocycles. The van der Waals surface area contributed by atoms with Gasteiger partial charge in [0.25, 0.3) is 0 Å². The minimum absolute atomic E-state index is 0.173. The molecule has 0 saturated heterocycles.